The highest BCUT2D eigenvalue weighted by Gasteiger charge is 2.45. The van der Waals surface area contributed by atoms with Gasteiger partial charge in [-0.1, -0.05) is 13.8 Å². The third-order valence-corrected chi connectivity index (χ3v) is 2.82. The van der Waals surface area contributed by atoms with Crippen LogP contribution in [0.3, 0.4) is 0 Å². The molecule has 0 aromatic heterocycles. The number of ether oxygens (including phenoxy) is 1. The van der Waals surface area contributed by atoms with Gasteiger partial charge in [-0.3, -0.25) is 0 Å². The second-order valence-electron chi connectivity index (χ2n) is 4.79. The zero-order chi connectivity index (χ0) is 12.2. The van der Waals surface area contributed by atoms with E-state index in [9.17, 15) is 13.9 Å². The summed E-state index contributed by atoms with van der Waals surface area (Å²) in [5, 5.41) is 12.7. The lowest BCUT2D eigenvalue weighted by molar-refractivity contribution is -0.0286. The smallest absolute Gasteiger partial charge is 0.261 e. The van der Waals surface area contributed by atoms with Crippen LogP contribution in [0.1, 0.15) is 26.7 Å². The first-order valence-electron chi connectivity index (χ1n) is 5.74. The molecule has 5 heteroatoms. The van der Waals surface area contributed by atoms with Gasteiger partial charge in [-0.15, -0.1) is 0 Å². The SMILES string of the molecule is CC(C)NC(CO)(COCC(F)F)C1CC1. The lowest BCUT2D eigenvalue weighted by atomic mass is 9.94. The van der Waals surface area contributed by atoms with Crippen LogP contribution in [0.25, 0.3) is 0 Å². The minimum Gasteiger partial charge on any atom is -0.394 e. The first-order valence-corrected chi connectivity index (χ1v) is 5.74. The van der Waals surface area contributed by atoms with E-state index < -0.39 is 18.6 Å². The van der Waals surface area contributed by atoms with Gasteiger partial charge < -0.3 is 15.2 Å². The summed E-state index contributed by atoms with van der Waals surface area (Å²) in [6, 6.07) is 0.197. The molecule has 2 N–H and O–H groups in total. The second-order valence-corrected chi connectivity index (χ2v) is 4.79. The molecule has 0 radical (unpaired) electrons. The van der Waals surface area contributed by atoms with Crippen molar-refractivity contribution in [3.63, 3.8) is 0 Å². The van der Waals surface area contributed by atoms with Gasteiger partial charge in [-0.2, -0.15) is 0 Å². The van der Waals surface area contributed by atoms with Gasteiger partial charge in [0.1, 0.15) is 6.61 Å². The highest BCUT2D eigenvalue weighted by Crippen LogP contribution is 2.40. The van der Waals surface area contributed by atoms with Crippen LogP contribution < -0.4 is 5.32 Å². The summed E-state index contributed by atoms with van der Waals surface area (Å²) < 4.78 is 29.0. The summed E-state index contributed by atoms with van der Waals surface area (Å²) in [6.07, 6.45) is -0.397. The highest BCUT2D eigenvalue weighted by atomic mass is 19.3. The van der Waals surface area contributed by atoms with Crippen molar-refractivity contribution in [1.82, 2.24) is 5.32 Å². The van der Waals surface area contributed by atoms with Crippen LogP contribution in [0.15, 0.2) is 0 Å². The van der Waals surface area contributed by atoms with Crippen molar-refractivity contribution in [3.05, 3.63) is 0 Å². The van der Waals surface area contributed by atoms with Crippen LogP contribution in [0, 0.1) is 5.92 Å². The summed E-state index contributed by atoms with van der Waals surface area (Å²) in [7, 11) is 0. The summed E-state index contributed by atoms with van der Waals surface area (Å²) in [6.45, 7) is 3.46. The van der Waals surface area contributed by atoms with Gasteiger partial charge in [0, 0.05) is 6.04 Å². The lowest BCUT2D eigenvalue weighted by Crippen LogP contribution is -2.56. The fourth-order valence-corrected chi connectivity index (χ4v) is 2.04. The largest absolute Gasteiger partial charge is 0.394 e. The Kier molecular flexibility index (Phi) is 5.08. The van der Waals surface area contributed by atoms with Gasteiger partial charge in [0.25, 0.3) is 6.43 Å². The first kappa shape index (κ1) is 13.8. The summed E-state index contributed by atoms with van der Waals surface area (Å²) in [5.41, 5.74) is -0.539. The van der Waals surface area contributed by atoms with Crippen LogP contribution in [0.4, 0.5) is 8.78 Å². The molecule has 1 fully saturated rings. The zero-order valence-corrected chi connectivity index (χ0v) is 9.88. The monoisotopic (exact) mass is 237 g/mol. The third kappa shape index (κ3) is 3.96. The average molecular weight is 237 g/mol. The molecule has 0 aromatic carbocycles. The Morgan fingerprint density at radius 1 is 1.44 bits per heavy atom. The van der Waals surface area contributed by atoms with Gasteiger partial charge in [0.2, 0.25) is 0 Å². The maximum atomic E-state index is 12.0. The second kappa shape index (κ2) is 5.89. The first-order chi connectivity index (χ1) is 7.50. The predicted molar refractivity (Wildman–Crippen MR) is 57.6 cm³/mol. The summed E-state index contributed by atoms with van der Waals surface area (Å²) in [5.74, 6) is 0.345. The normalized spacial score (nSPS) is 20.4. The fourth-order valence-electron chi connectivity index (χ4n) is 2.04. The lowest BCUT2D eigenvalue weighted by Gasteiger charge is -2.35. The van der Waals surface area contributed by atoms with E-state index in [1.165, 1.54) is 0 Å². The van der Waals surface area contributed by atoms with Crippen molar-refractivity contribution in [1.29, 1.82) is 0 Å². The van der Waals surface area contributed by atoms with Crippen LogP contribution in [0.5, 0.6) is 0 Å². The molecule has 96 valence electrons. The Bertz CT molecular complexity index is 210. The van der Waals surface area contributed by atoms with Gasteiger partial charge in [0.05, 0.1) is 18.8 Å². The molecule has 16 heavy (non-hydrogen) atoms. The van der Waals surface area contributed by atoms with E-state index in [1.807, 2.05) is 13.8 Å². The van der Waals surface area contributed by atoms with E-state index in [0.717, 1.165) is 12.8 Å². The molecule has 1 saturated carbocycles. The Balaban J connectivity index is 2.48. The Hall–Kier alpha value is -0.260. The van der Waals surface area contributed by atoms with Gasteiger partial charge >= 0.3 is 0 Å². The topological polar surface area (TPSA) is 41.5 Å². The molecule has 1 aliphatic rings. The molecule has 1 aliphatic carbocycles. The quantitative estimate of drug-likeness (QED) is 0.670. The molecule has 0 bridgehead atoms. The number of alkyl halides is 2. The molecule has 1 rings (SSSR count). The molecular weight excluding hydrogens is 216 g/mol. The fraction of sp³-hybridized carbons (Fsp3) is 1.00. The maximum absolute atomic E-state index is 12.0. The van der Waals surface area contributed by atoms with E-state index >= 15 is 0 Å². The molecule has 0 aromatic rings. The minimum absolute atomic E-state index is 0.0704. The molecule has 0 aliphatic heterocycles. The van der Waals surface area contributed by atoms with Crippen LogP contribution >= 0.6 is 0 Å². The minimum atomic E-state index is -2.45. The molecular formula is C11H21F2NO2. The van der Waals surface area contributed by atoms with Crippen LogP contribution in [0.2, 0.25) is 0 Å². The summed E-state index contributed by atoms with van der Waals surface area (Å²) in [4.78, 5) is 0. The van der Waals surface area contributed by atoms with E-state index in [4.69, 9.17) is 4.74 Å². The molecule has 0 saturated heterocycles. The van der Waals surface area contributed by atoms with E-state index in [1.54, 1.807) is 0 Å². The molecule has 1 atom stereocenters. The van der Waals surface area contributed by atoms with Gasteiger partial charge in [0.15, 0.2) is 0 Å². The van der Waals surface area contributed by atoms with Crippen molar-refractivity contribution in [2.45, 2.75) is 44.7 Å². The third-order valence-electron chi connectivity index (χ3n) is 2.82. The number of hydrogen-bond acceptors (Lipinski definition) is 3. The summed E-state index contributed by atoms with van der Waals surface area (Å²) >= 11 is 0. The number of halogens is 2. The van der Waals surface area contributed by atoms with E-state index in [0.29, 0.717) is 5.92 Å². The number of nitrogens with one attached hydrogen (secondary N) is 1. The van der Waals surface area contributed by atoms with E-state index in [2.05, 4.69) is 5.32 Å². The highest BCUT2D eigenvalue weighted by molar-refractivity contribution is 5.01. The molecule has 0 spiro atoms. The molecule has 0 heterocycles. The number of aliphatic hydroxyl groups excluding tert-OH is 1. The van der Waals surface area contributed by atoms with Crippen molar-refractivity contribution >= 4 is 0 Å². The molecule has 1 unspecified atom stereocenters. The van der Waals surface area contributed by atoms with Gasteiger partial charge in [-0.25, -0.2) is 8.78 Å². The zero-order valence-electron chi connectivity index (χ0n) is 9.88. The number of hydrogen-bond donors (Lipinski definition) is 2. The van der Waals surface area contributed by atoms with Crippen LogP contribution in [-0.4, -0.2) is 42.9 Å². The standard InChI is InChI=1S/C11H21F2NO2/c1-8(2)14-11(6-15,9-3-4-9)7-16-5-10(12)13/h8-10,14-15H,3-7H2,1-2H3. The Morgan fingerprint density at radius 3 is 2.44 bits per heavy atom. The van der Waals surface area contributed by atoms with Crippen molar-refractivity contribution in [2.75, 3.05) is 19.8 Å². The molecule has 0 amide bonds. The predicted octanol–water partition coefficient (Wildman–Crippen LogP) is 1.41. The Morgan fingerprint density at radius 2 is 2.06 bits per heavy atom. The van der Waals surface area contributed by atoms with Crippen molar-refractivity contribution < 1.29 is 18.6 Å². The van der Waals surface area contributed by atoms with Gasteiger partial charge in [-0.05, 0) is 18.8 Å². The van der Waals surface area contributed by atoms with Crippen molar-refractivity contribution in [3.8, 4) is 0 Å². The average Bonchev–Trinajstić information content (AvgIpc) is 2.98. The van der Waals surface area contributed by atoms with Crippen LogP contribution in [-0.2, 0) is 4.74 Å². The molecule has 3 nitrogen and oxygen atoms in total. The van der Waals surface area contributed by atoms with E-state index in [-0.39, 0.29) is 19.3 Å². The number of aliphatic hydroxyl groups is 1. The Labute approximate surface area is 95.2 Å². The number of rotatable bonds is 8. The van der Waals surface area contributed by atoms with Crippen molar-refractivity contribution in [2.24, 2.45) is 5.92 Å². The maximum Gasteiger partial charge on any atom is 0.261 e.